The molecule has 2 aliphatic rings. The van der Waals surface area contributed by atoms with Gasteiger partial charge in [0.15, 0.2) is 0 Å². The van der Waals surface area contributed by atoms with E-state index in [1.54, 1.807) is 0 Å². The predicted molar refractivity (Wildman–Crippen MR) is 87.8 cm³/mol. The van der Waals surface area contributed by atoms with E-state index in [1.165, 1.54) is 31.4 Å². The van der Waals surface area contributed by atoms with Gasteiger partial charge in [-0.15, -0.1) is 12.4 Å². The van der Waals surface area contributed by atoms with Gasteiger partial charge in [0.05, 0.1) is 6.54 Å². The van der Waals surface area contributed by atoms with Crippen LogP contribution in [0.4, 0.5) is 4.39 Å². The Morgan fingerprint density at radius 2 is 1.91 bits per heavy atom. The van der Waals surface area contributed by atoms with Gasteiger partial charge in [-0.05, 0) is 55.8 Å². The Bertz CT molecular complexity index is 498. The van der Waals surface area contributed by atoms with E-state index in [4.69, 9.17) is 0 Å². The first-order valence-corrected chi connectivity index (χ1v) is 7.91. The first kappa shape index (κ1) is 17.2. The van der Waals surface area contributed by atoms with E-state index < -0.39 is 0 Å². The molecule has 0 aromatic heterocycles. The Hall–Kier alpha value is -1.13. The highest BCUT2D eigenvalue weighted by atomic mass is 35.5. The number of nitrogens with one attached hydrogen (secondary N) is 2. The summed E-state index contributed by atoms with van der Waals surface area (Å²) in [4.78, 5) is 11.9. The van der Waals surface area contributed by atoms with Gasteiger partial charge >= 0.3 is 0 Å². The van der Waals surface area contributed by atoms with Crippen LogP contribution in [0.3, 0.4) is 0 Å². The van der Waals surface area contributed by atoms with Crippen molar-refractivity contribution in [3.63, 3.8) is 0 Å². The zero-order valence-electron chi connectivity index (χ0n) is 12.7. The molecular weight excluding hydrogens is 303 g/mol. The molecule has 3 rings (SSSR count). The average Bonchev–Trinajstić information content (AvgIpc) is 3.23. The molecule has 2 fully saturated rings. The highest BCUT2D eigenvalue weighted by Gasteiger charge is 2.38. The molecule has 0 aliphatic heterocycles. The molecule has 0 atom stereocenters. The van der Waals surface area contributed by atoms with Gasteiger partial charge < -0.3 is 10.6 Å². The van der Waals surface area contributed by atoms with E-state index in [9.17, 15) is 9.18 Å². The van der Waals surface area contributed by atoms with Gasteiger partial charge in [0.25, 0.3) is 0 Å². The third-order valence-corrected chi connectivity index (χ3v) is 4.81. The van der Waals surface area contributed by atoms with Crippen molar-refractivity contribution < 1.29 is 9.18 Å². The smallest absolute Gasteiger partial charge is 0.233 e. The van der Waals surface area contributed by atoms with Crippen LogP contribution in [0, 0.1) is 11.7 Å². The van der Waals surface area contributed by atoms with Crippen LogP contribution >= 0.6 is 12.4 Å². The number of carbonyl (C=O) groups excluding carboxylic acids is 1. The first-order chi connectivity index (χ1) is 10.2. The zero-order chi connectivity index (χ0) is 14.7. The van der Waals surface area contributed by atoms with Crippen LogP contribution in [-0.4, -0.2) is 25.5 Å². The van der Waals surface area contributed by atoms with Crippen molar-refractivity contribution in [1.29, 1.82) is 0 Å². The van der Waals surface area contributed by atoms with Crippen LogP contribution in [0.1, 0.15) is 37.7 Å². The Labute approximate surface area is 137 Å². The summed E-state index contributed by atoms with van der Waals surface area (Å²) in [6.07, 6.45) is 5.89. The maximum atomic E-state index is 13.0. The summed E-state index contributed by atoms with van der Waals surface area (Å²) in [5.74, 6) is 0.639. The van der Waals surface area contributed by atoms with Crippen LogP contribution in [0.5, 0.6) is 0 Å². The molecule has 122 valence electrons. The van der Waals surface area contributed by atoms with Crippen LogP contribution in [0.25, 0.3) is 0 Å². The lowest BCUT2D eigenvalue weighted by Gasteiger charge is -2.42. The van der Waals surface area contributed by atoms with E-state index in [0.29, 0.717) is 13.1 Å². The number of hydrogen-bond donors (Lipinski definition) is 2. The second-order valence-corrected chi connectivity index (χ2v) is 6.49. The number of rotatable bonds is 7. The molecular formula is C17H24ClFN2O. The topological polar surface area (TPSA) is 41.1 Å². The van der Waals surface area contributed by atoms with Crippen molar-refractivity contribution in [2.75, 3.05) is 19.6 Å². The fourth-order valence-corrected chi connectivity index (χ4v) is 3.02. The molecule has 0 spiro atoms. The van der Waals surface area contributed by atoms with Crippen molar-refractivity contribution in [3.8, 4) is 0 Å². The molecule has 0 radical (unpaired) electrons. The molecule has 5 heteroatoms. The third kappa shape index (κ3) is 4.20. The molecule has 2 saturated carbocycles. The van der Waals surface area contributed by atoms with E-state index >= 15 is 0 Å². The Morgan fingerprint density at radius 1 is 1.23 bits per heavy atom. The van der Waals surface area contributed by atoms with Crippen molar-refractivity contribution in [1.82, 2.24) is 10.6 Å². The fourth-order valence-electron chi connectivity index (χ4n) is 3.02. The molecule has 2 aliphatic carbocycles. The minimum atomic E-state index is -0.207. The maximum Gasteiger partial charge on any atom is 0.233 e. The summed E-state index contributed by atoms with van der Waals surface area (Å²) in [6, 6.07) is 6.72. The molecule has 0 saturated heterocycles. The lowest BCUT2D eigenvalue weighted by molar-refractivity contribution is -0.120. The van der Waals surface area contributed by atoms with Gasteiger partial charge in [-0.1, -0.05) is 18.6 Å². The number of amides is 1. The average molecular weight is 327 g/mol. The highest BCUT2D eigenvalue weighted by molar-refractivity contribution is 5.85. The highest BCUT2D eigenvalue weighted by Crippen LogP contribution is 2.43. The standard InChI is InChI=1S/C17H23FN2O.ClH/c18-15-6-4-14(5-7-15)17(8-1-9-17)12-20-16(21)11-19-10-13-2-3-13;/h4-7,13,19H,1-3,8-12H2,(H,20,21);1H. The van der Waals surface area contributed by atoms with E-state index in [0.717, 1.165) is 30.9 Å². The van der Waals surface area contributed by atoms with Crippen molar-refractivity contribution >= 4 is 18.3 Å². The van der Waals surface area contributed by atoms with Crippen molar-refractivity contribution in [2.45, 2.75) is 37.5 Å². The molecule has 1 aromatic rings. The number of hydrogen-bond acceptors (Lipinski definition) is 2. The SMILES string of the molecule is Cl.O=C(CNCC1CC1)NCC1(c2ccc(F)cc2)CCC1. The molecule has 2 N–H and O–H groups in total. The molecule has 3 nitrogen and oxygen atoms in total. The molecule has 22 heavy (non-hydrogen) atoms. The van der Waals surface area contributed by atoms with Gasteiger partial charge in [0, 0.05) is 12.0 Å². The molecule has 1 amide bonds. The molecule has 0 heterocycles. The minimum Gasteiger partial charge on any atom is -0.354 e. The second kappa shape index (κ2) is 7.42. The van der Waals surface area contributed by atoms with E-state index in [1.807, 2.05) is 12.1 Å². The monoisotopic (exact) mass is 326 g/mol. The number of carbonyl (C=O) groups is 1. The molecule has 1 aromatic carbocycles. The van der Waals surface area contributed by atoms with Gasteiger partial charge in [-0.25, -0.2) is 4.39 Å². The Morgan fingerprint density at radius 3 is 2.45 bits per heavy atom. The van der Waals surface area contributed by atoms with Crippen LogP contribution in [0.15, 0.2) is 24.3 Å². The first-order valence-electron chi connectivity index (χ1n) is 7.91. The predicted octanol–water partition coefficient (Wildman–Crippen LogP) is 2.79. The summed E-state index contributed by atoms with van der Waals surface area (Å²) in [6.45, 7) is 2.01. The van der Waals surface area contributed by atoms with Gasteiger partial charge in [-0.3, -0.25) is 4.79 Å². The van der Waals surface area contributed by atoms with Crippen LogP contribution in [-0.2, 0) is 10.2 Å². The van der Waals surface area contributed by atoms with Gasteiger partial charge in [-0.2, -0.15) is 0 Å². The summed E-state index contributed by atoms with van der Waals surface area (Å²) in [5.41, 5.74) is 1.15. The number of halogens is 2. The lowest BCUT2D eigenvalue weighted by Crippen LogP contribution is -2.47. The fraction of sp³-hybridized carbons (Fsp3) is 0.588. The normalized spacial score (nSPS) is 19.0. The lowest BCUT2D eigenvalue weighted by atomic mass is 9.64. The number of benzene rings is 1. The zero-order valence-corrected chi connectivity index (χ0v) is 13.6. The van der Waals surface area contributed by atoms with E-state index in [-0.39, 0.29) is 29.5 Å². The maximum absolute atomic E-state index is 13.0. The largest absolute Gasteiger partial charge is 0.354 e. The molecule has 0 bridgehead atoms. The quantitative estimate of drug-likeness (QED) is 0.809. The molecule has 0 unspecified atom stereocenters. The summed E-state index contributed by atoms with van der Waals surface area (Å²) >= 11 is 0. The Balaban J connectivity index is 0.00000176. The van der Waals surface area contributed by atoms with Crippen LogP contribution in [0.2, 0.25) is 0 Å². The second-order valence-electron chi connectivity index (χ2n) is 6.49. The van der Waals surface area contributed by atoms with E-state index in [2.05, 4.69) is 10.6 Å². The third-order valence-electron chi connectivity index (χ3n) is 4.81. The minimum absolute atomic E-state index is 0. The van der Waals surface area contributed by atoms with Crippen molar-refractivity contribution in [2.24, 2.45) is 5.92 Å². The van der Waals surface area contributed by atoms with Gasteiger partial charge in [0.2, 0.25) is 5.91 Å². The summed E-state index contributed by atoms with van der Waals surface area (Å²) < 4.78 is 13.0. The van der Waals surface area contributed by atoms with Crippen molar-refractivity contribution in [3.05, 3.63) is 35.6 Å². The van der Waals surface area contributed by atoms with Gasteiger partial charge in [0.1, 0.15) is 5.82 Å². The van der Waals surface area contributed by atoms with Crippen LogP contribution < -0.4 is 10.6 Å². The summed E-state index contributed by atoms with van der Waals surface area (Å²) in [5, 5.41) is 6.24. The summed E-state index contributed by atoms with van der Waals surface area (Å²) in [7, 11) is 0. The Kier molecular flexibility index (Phi) is 5.81.